The van der Waals surface area contributed by atoms with Gasteiger partial charge in [-0.2, -0.15) is 0 Å². The molecule has 2 rings (SSSR count). The van der Waals surface area contributed by atoms with Crippen molar-refractivity contribution in [2.45, 2.75) is 25.0 Å². The molecular formula is C19H21NO4. The molecule has 0 saturated carbocycles. The molecule has 0 aliphatic rings. The number of nitrogens with one attached hydrogen (secondary N) is 1. The first-order valence-electron chi connectivity index (χ1n) is 7.76. The van der Waals surface area contributed by atoms with Crippen molar-refractivity contribution >= 4 is 11.9 Å². The highest BCUT2D eigenvalue weighted by Gasteiger charge is 2.26. The number of ether oxygens (including phenoxy) is 1. The average Bonchev–Trinajstić information content (AvgIpc) is 2.61. The largest absolute Gasteiger partial charge is 0.480 e. The van der Waals surface area contributed by atoms with Gasteiger partial charge in [-0.15, -0.1) is 0 Å². The summed E-state index contributed by atoms with van der Waals surface area (Å²) in [5.74, 6) is -1.51. The summed E-state index contributed by atoms with van der Waals surface area (Å²) in [5.41, 5.74) is 1.72. The molecule has 0 heterocycles. The van der Waals surface area contributed by atoms with Crippen LogP contribution in [0.15, 0.2) is 60.7 Å². The third kappa shape index (κ3) is 4.93. The second-order valence-corrected chi connectivity index (χ2v) is 5.45. The third-order valence-electron chi connectivity index (χ3n) is 3.76. The molecule has 0 fully saturated rings. The predicted octanol–water partition coefficient (Wildman–Crippen LogP) is 2.58. The minimum atomic E-state index is -1.05. The van der Waals surface area contributed by atoms with Crippen LogP contribution >= 0.6 is 0 Å². The number of carbonyl (C=O) groups is 2. The fourth-order valence-corrected chi connectivity index (χ4v) is 2.48. The lowest BCUT2D eigenvalue weighted by molar-refractivity contribution is -0.144. The molecule has 0 radical (unpaired) electrons. The molecule has 2 aromatic rings. The van der Waals surface area contributed by atoms with Crippen LogP contribution < -0.4 is 5.32 Å². The summed E-state index contributed by atoms with van der Waals surface area (Å²) in [6.07, 6.45) is 0.0574. The van der Waals surface area contributed by atoms with Crippen LogP contribution in [-0.2, 0) is 20.7 Å². The summed E-state index contributed by atoms with van der Waals surface area (Å²) in [7, 11) is 1.43. The topological polar surface area (TPSA) is 75.6 Å². The van der Waals surface area contributed by atoms with Gasteiger partial charge in [0, 0.05) is 7.11 Å². The molecule has 0 aromatic heterocycles. The molecule has 1 amide bonds. The smallest absolute Gasteiger partial charge is 0.326 e. The lowest BCUT2D eigenvalue weighted by Gasteiger charge is -2.19. The Hall–Kier alpha value is -2.66. The Morgan fingerprint density at radius 3 is 2.17 bits per heavy atom. The summed E-state index contributed by atoms with van der Waals surface area (Å²) >= 11 is 0. The van der Waals surface area contributed by atoms with Crippen molar-refractivity contribution in [3.05, 3.63) is 71.8 Å². The maximum absolute atomic E-state index is 12.4. The van der Waals surface area contributed by atoms with E-state index in [4.69, 9.17) is 4.74 Å². The number of hydrogen-bond donors (Lipinski definition) is 2. The van der Waals surface area contributed by atoms with Gasteiger partial charge in [-0.05, 0) is 24.0 Å². The molecule has 0 bridgehead atoms. The number of carboxylic acid groups (broad SMARTS) is 1. The Balaban J connectivity index is 2.01. The van der Waals surface area contributed by atoms with Gasteiger partial charge >= 0.3 is 5.97 Å². The Morgan fingerprint density at radius 1 is 1.04 bits per heavy atom. The third-order valence-corrected chi connectivity index (χ3v) is 3.76. The molecule has 0 unspecified atom stereocenters. The minimum absolute atomic E-state index is 0.316. The Morgan fingerprint density at radius 2 is 1.62 bits per heavy atom. The van der Waals surface area contributed by atoms with E-state index in [-0.39, 0.29) is 0 Å². The second kappa shape index (κ2) is 8.84. The van der Waals surface area contributed by atoms with Crippen LogP contribution in [0.2, 0.25) is 0 Å². The molecule has 5 heteroatoms. The van der Waals surface area contributed by atoms with Crippen molar-refractivity contribution in [1.82, 2.24) is 5.32 Å². The van der Waals surface area contributed by atoms with Gasteiger partial charge in [-0.25, -0.2) is 4.79 Å². The molecule has 5 nitrogen and oxygen atoms in total. The standard InChI is InChI=1S/C19H21NO4/c1-24-17(15-10-6-3-7-11-15)18(21)20-16(19(22)23)13-12-14-8-4-2-5-9-14/h2-11,16-17H,12-13H2,1H3,(H,20,21)(H,22,23)/t16-,17-/m0/s1. The predicted molar refractivity (Wildman–Crippen MR) is 90.5 cm³/mol. The fourth-order valence-electron chi connectivity index (χ4n) is 2.48. The highest BCUT2D eigenvalue weighted by Crippen LogP contribution is 2.17. The molecule has 0 aliphatic heterocycles. The molecule has 126 valence electrons. The molecule has 0 spiro atoms. The molecular weight excluding hydrogens is 306 g/mol. The Kier molecular flexibility index (Phi) is 6.51. The first-order valence-corrected chi connectivity index (χ1v) is 7.76. The molecule has 2 atom stereocenters. The summed E-state index contributed by atoms with van der Waals surface area (Å²) in [6, 6.07) is 17.6. The number of carbonyl (C=O) groups excluding carboxylic acids is 1. The molecule has 2 N–H and O–H groups in total. The fraction of sp³-hybridized carbons (Fsp3) is 0.263. The van der Waals surface area contributed by atoms with Crippen molar-refractivity contribution in [2.75, 3.05) is 7.11 Å². The van der Waals surface area contributed by atoms with Gasteiger partial charge in [0.2, 0.25) is 0 Å². The van der Waals surface area contributed by atoms with Crippen molar-refractivity contribution < 1.29 is 19.4 Å². The van der Waals surface area contributed by atoms with Crippen molar-refractivity contribution in [1.29, 1.82) is 0 Å². The first-order chi connectivity index (χ1) is 11.6. The number of aryl methyl sites for hydroxylation is 1. The van der Waals surface area contributed by atoms with Crippen LogP contribution in [0.5, 0.6) is 0 Å². The van der Waals surface area contributed by atoms with Crippen LogP contribution in [0.3, 0.4) is 0 Å². The van der Waals surface area contributed by atoms with Crippen molar-refractivity contribution in [2.24, 2.45) is 0 Å². The van der Waals surface area contributed by atoms with Crippen LogP contribution in [0.25, 0.3) is 0 Å². The van der Waals surface area contributed by atoms with E-state index in [0.29, 0.717) is 18.4 Å². The SMILES string of the molecule is CO[C@H](C(=O)N[C@@H](CCc1ccccc1)C(=O)O)c1ccccc1. The summed E-state index contributed by atoms with van der Waals surface area (Å²) in [5, 5.41) is 11.9. The lowest BCUT2D eigenvalue weighted by Crippen LogP contribution is -2.43. The zero-order valence-corrected chi connectivity index (χ0v) is 13.5. The van der Waals surface area contributed by atoms with Gasteiger partial charge in [0.15, 0.2) is 6.10 Å². The van der Waals surface area contributed by atoms with Gasteiger partial charge in [0.05, 0.1) is 0 Å². The van der Waals surface area contributed by atoms with E-state index in [1.165, 1.54) is 7.11 Å². The quantitative estimate of drug-likeness (QED) is 0.781. The zero-order chi connectivity index (χ0) is 17.4. The van der Waals surface area contributed by atoms with E-state index in [9.17, 15) is 14.7 Å². The molecule has 0 saturated heterocycles. The minimum Gasteiger partial charge on any atom is -0.480 e. The van der Waals surface area contributed by atoms with Crippen molar-refractivity contribution in [3.8, 4) is 0 Å². The highest BCUT2D eigenvalue weighted by atomic mass is 16.5. The number of amides is 1. The van der Waals surface area contributed by atoms with Crippen LogP contribution in [-0.4, -0.2) is 30.1 Å². The zero-order valence-electron chi connectivity index (χ0n) is 13.5. The average molecular weight is 327 g/mol. The highest BCUT2D eigenvalue weighted by molar-refractivity contribution is 5.87. The maximum atomic E-state index is 12.4. The normalized spacial score (nSPS) is 13.0. The number of benzene rings is 2. The molecule has 2 aromatic carbocycles. The van der Waals surface area contributed by atoms with Gasteiger partial charge < -0.3 is 15.2 Å². The monoisotopic (exact) mass is 327 g/mol. The number of rotatable bonds is 8. The van der Waals surface area contributed by atoms with E-state index in [1.54, 1.807) is 24.3 Å². The Bertz CT molecular complexity index is 658. The van der Waals surface area contributed by atoms with Gasteiger partial charge in [0.25, 0.3) is 5.91 Å². The summed E-state index contributed by atoms with van der Waals surface area (Å²) in [4.78, 5) is 23.8. The van der Waals surface area contributed by atoms with Crippen molar-refractivity contribution in [3.63, 3.8) is 0 Å². The number of aliphatic carboxylic acids is 1. The lowest BCUT2D eigenvalue weighted by atomic mass is 10.0. The number of methoxy groups -OCH3 is 1. The Labute approximate surface area is 141 Å². The van der Waals surface area contributed by atoms with E-state index in [0.717, 1.165) is 5.56 Å². The van der Waals surface area contributed by atoms with E-state index in [2.05, 4.69) is 5.32 Å². The van der Waals surface area contributed by atoms with E-state index in [1.807, 2.05) is 36.4 Å². The summed E-state index contributed by atoms with van der Waals surface area (Å²) in [6.45, 7) is 0. The van der Waals surface area contributed by atoms with E-state index < -0.39 is 24.0 Å². The first kappa shape index (κ1) is 17.7. The van der Waals surface area contributed by atoms with Crippen LogP contribution in [0.1, 0.15) is 23.7 Å². The maximum Gasteiger partial charge on any atom is 0.326 e. The number of hydrogen-bond acceptors (Lipinski definition) is 3. The summed E-state index contributed by atoms with van der Waals surface area (Å²) < 4.78 is 5.24. The van der Waals surface area contributed by atoms with Gasteiger partial charge in [0.1, 0.15) is 6.04 Å². The van der Waals surface area contributed by atoms with Gasteiger partial charge in [-0.1, -0.05) is 60.7 Å². The molecule has 0 aliphatic carbocycles. The van der Waals surface area contributed by atoms with Crippen LogP contribution in [0.4, 0.5) is 0 Å². The van der Waals surface area contributed by atoms with Crippen LogP contribution in [0, 0.1) is 0 Å². The van der Waals surface area contributed by atoms with E-state index >= 15 is 0 Å². The van der Waals surface area contributed by atoms with Gasteiger partial charge in [-0.3, -0.25) is 4.79 Å². The second-order valence-electron chi connectivity index (χ2n) is 5.45. The number of carboxylic acids is 1. The molecule has 24 heavy (non-hydrogen) atoms.